The Bertz CT molecular complexity index is 1110. The largest absolute Gasteiger partial charge is 0.466 e. The number of nitrogens with one attached hydrogen (secondary N) is 1. The quantitative estimate of drug-likeness (QED) is 0.400. The van der Waals surface area contributed by atoms with Gasteiger partial charge in [-0.2, -0.15) is 0 Å². The lowest BCUT2D eigenvalue weighted by Crippen LogP contribution is -2.32. The molecular formula is C25H27ClN2O3. The molecule has 0 fully saturated rings. The van der Waals surface area contributed by atoms with Crippen LogP contribution in [0.1, 0.15) is 34.7 Å². The number of halogens is 1. The van der Waals surface area contributed by atoms with Crippen molar-refractivity contribution in [1.29, 1.82) is 0 Å². The number of H-pyrrole nitrogens is 1. The standard InChI is InChI=1S/C25H27ClN2O3/c1-31-25(30)9-3-17-2-6-21-18(14-17)4-8-24(21)28(12-13-29)11-10-19-16-27-23-7-5-20(26)15-22(19)23/h2-3,5-7,9,14-16,24,27,29H,4,8,10-13H2,1H3. The van der Waals surface area contributed by atoms with Crippen molar-refractivity contribution in [3.8, 4) is 0 Å². The van der Waals surface area contributed by atoms with E-state index in [9.17, 15) is 9.90 Å². The molecule has 0 amide bonds. The number of carbonyl (C=O) groups is 1. The number of aliphatic hydroxyl groups is 1. The maximum absolute atomic E-state index is 11.4. The summed E-state index contributed by atoms with van der Waals surface area (Å²) in [5.41, 5.74) is 5.94. The summed E-state index contributed by atoms with van der Waals surface area (Å²) in [7, 11) is 1.38. The number of aliphatic hydroxyl groups excluding tert-OH is 1. The van der Waals surface area contributed by atoms with Crippen LogP contribution >= 0.6 is 11.6 Å². The first-order valence-electron chi connectivity index (χ1n) is 10.6. The molecule has 3 aromatic rings. The number of aromatic nitrogens is 1. The summed E-state index contributed by atoms with van der Waals surface area (Å²) in [6.07, 6.45) is 8.18. The molecule has 0 bridgehead atoms. The predicted octanol–water partition coefficient (Wildman–Crippen LogP) is 4.53. The Hall–Kier alpha value is -2.60. The fraction of sp³-hybridized carbons (Fsp3) is 0.320. The summed E-state index contributed by atoms with van der Waals surface area (Å²) in [6.45, 7) is 1.62. The van der Waals surface area contributed by atoms with Gasteiger partial charge in [-0.25, -0.2) is 4.79 Å². The third-order valence-corrected chi connectivity index (χ3v) is 6.29. The van der Waals surface area contributed by atoms with Crippen LogP contribution in [0.3, 0.4) is 0 Å². The van der Waals surface area contributed by atoms with Crippen LogP contribution in [0.4, 0.5) is 0 Å². The summed E-state index contributed by atoms with van der Waals surface area (Å²) < 4.78 is 4.67. The van der Waals surface area contributed by atoms with Crippen molar-refractivity contribution in [3.63, 3.8) is 0 Å². The molecule has 0 aliphatic heterocycles. The first-order valence-corrected chi connectivity index (χ1v) is 11.0. The minimum atomic E-state index is -0.355. The predicted molar refractivity (Wildman–Crippen MR) is 124 cm³/mol. The van der Waals surface area contributed by atoms with Gasteiger partial charge < -0.3 is 14.8 Å². The van der Waals surface area contributed by atoms with Crippen LogP contribution in [0.15, 0.2) is 48.7 Å². The Morgan fingerprint density at radius 1 is 1.29 bits per heavy atom. The molecule has 2 aromatic carbocycles. The molecule has 6 heteroatoms. The number of aromatic amines is 1. The highest BCUT2D eigenvalue weighted by atomic mass is 35.5. The molecule has 0 spiro atoms. The molecule has 0 radical (unpaired) electrons. The maximum atomic E-state index is 11.4. The lowest BCUT2D eigenvalue weighted by Gasteiger charge is -2.29. The van der Waals surface area contributed by atoms with Crippen molar-refractivity contribution in [3.05, 3.63) is 75.9 Å². The Kier molecular flexibility index (Phi) is 6.76. The Morgan fingerprint density at radius 3 is 2.97 bits per heavy atom. The Labute approximate surface area is 187 Å². The fourth-order valence-corrected chi connectivity index (χ4v) is 4.68. The van der Waals surface area contributed by atoms with E-state index in [0.29, 0.717) is 6.54 Å². The number of esters is 1. The topological polar surface area (TPSA) is 65.6 Å². The first kappa shape index (κ1) is 21.6. The van der Waals surface area contributed by atoms with Crippen molar-refractivity contribution in [2.45, 2.75) is 25.3 Å². The molecule has 1 aliphatic carbocycles. The zero-order valence-electron chi connectivity index (χ0n) is 17.6. The van der Waals surface area contributed by atoms with Gasteiger partial charge in [-0.15, -0.1) is 0 Å². The Balaban J connectivity index is 1.50. The molecule has 162 valence electrons. The number of rotatable bonds is 8. The maximum Gasteiger partial charge on any atom is 0.330 e. The second kappa shape index (κ2) is 9.69. The van der Waals surface area contributed by atoms with E-state index in [1.54, 1.807) is 6.08 Å². The molecule has 0 saturated carbocycles. The summed E-state index contributed by atoms with van der Waals surface area (Å²) >= 11 is 6.19. The van der Waals surface area contributed by atoms with E-state index in [4.69, 9.17) is 11.6 Å². The highest BCUT2D eigenvalue weighted by molar-refractivity contribution is 6.31. The van der Waals surface area contributed by atoms with E-state index in [2.05, 4.69) is 33.0 Å². The number of nitrogens with zero attached hydrogens (tertiary/aromatic N) is 1. The zero-order valence-corrected chi connectivity index (χ0v) is 18.4. The van der Waals surface area contributed by atoms with Crippen molar-refractivity contribution in [2.75, 3.05) is 26.8 Å². The number of carbonyl (C=O) groups excluding carboxylic acids is 1. The minimum Gasteiger partial charge on any atom is -0.466 e. The molecular weight excluding hydrogens is 412 g/mol. The van der Waals surface area contributed by atoms with Crippen LogP contribution in [0, 0.1) is 0 Å². The van der Waals surface area contributed by atoms with Crippen molar-refractivity contribution in [2.24, 2.45) is 0 Å². The van der Waals surface area contributed by atoms with Crippen LogP contribution in [-0.2, 0) is 22.4 Å². The lowest BCUT2D eigenvalue weighted by molar-refractivity contribution is -0.134. The van der Waals surface area contributed by atoms with E-state index in [1.165, 1.54) is 29.9 Å². The average Bonchev–Trinajstić information content (AvgIpc) is 3.38. The number of methoxy groups -OCH3 is 1. The first-order chi connectivity index (χ1) is 15.1. The number of hydrogen-bond donors (Lipinski definition) is 2. The van der Waals surface area contributed by atoms with Crippen molar-refractivity contribution >= 4 is 34.5 Å². The summed E-state index contributed by atoms with van der Waals surface area (Å²) in [4.78, 5) is 17.0. The highest BCUT2D eigenvalue weighted by Crippen LogP contribution is 2.36. The normalized spacial score (nSPS) is 15.8. The van der Waals surface area contributed by atoms with Crippen molar-refractivity contribution < 1.29 is 14.6 Å². The molecule has 1 atom stereocenters. The van der Waals surface area contributed by atoms with Crippen LogP contribution in [-0.4, -0.2) is 47.8 Å². The Morgan fingerprint density at radius 2 is 2.16 bits per heavy atom. The SMILES string of the molecule is COC(=O)C=Cc1ccc2c(c1)CCC2N(CCO)CCc1c[nH]c2ccc(Cl)cc12. The molecule has 1 heterocycles. The second-order valence-corrected chi connectivity index (χ2v) is 8.32. The third kappa shape index (κ3) is 4.85. The van der Waals surface area contributed by atoms with Gasteiger partial charge in [0, 0.05) is 47.3 Å². The van der Waals surface area contributed by atoms with Crippen LogP contribution in [0.5, 0.6) is 0 Å². The minimum absolute atomic E-state index is 0.130. The van der Waals surface area contributed by atoms with E-state index >= 15 is 0 Å². The number of aryl methyl sites for hydroxylation is 1. The molecule has 4 rings (SSSR count). The monoisotopic (exact) mass is 438 g/mol. The molecule has 31 heavy (non-hydrogen) atoms. The number of fused-ring (bicyclic) bond motifs is 2. The molecule has 2 N–H and O–H groups in total. The fourth-order valence-electron chi connectivity index (χ4n) is 4.50. The van der Waals surface area contributed by atoms with Gasteiger partial charge in [0.2, 0.25) is 0 Å². The van der Waals surface area contributed by atoms with Gasteiger partial charge in [-0.1, -0.05) is 29.8 Å². The van der Waals surface area contributed by atoms with E-state index in [1.807, 2.05) is 24.3 Å². The molecule has 1 unspecified atom stereocenters. The number of hydrogen-bond acceptors (Lipinski definition) is 4. The summed E-state index contributed by atoms with van der Waals surface area (Å²) in [5, 5.41) is 11.6. The van der Waals surface area contributed by atoms with Crippen LogP contribution in [0.25, 0.3) is 17.0 Å². The van der Waals surface area contributed by atoms with E-state index in [-0.39, 0.29) is 18.6 Å². The molecule has 1 aromatic heterocycles. The molecule has 5 nitrogen and oxygen atoms in total. The van der Waals surface area contributed by atoms with Gasteiger partial charge in [0.1, 0.15) is 0 Å². The molecule has 1 aliphatic rings. The third-order valence-electron chi connectivity index (χ3n) is 6.05. The van der Waals surface area contributed by atoms with Crippen molar-refractivity contribution in [1.82, 2.24) is 9.88 Å². The summed E-state index contributed by atoms with van der Waals surface area (Å²) in [6, 6.07) is 12.5. The average molecular weight is 439 g/mol. The van der Waals surface area contributed by atoms with Gasteiger partial charge in [0.05, 0.1) is 13.7 Å². The second-order valence-electron chi connectivity index (χ2n) is 7.88. The summed E-state index contributed by atoms with van der Waals surface area (Å²) in [5.74, 6) is -0.355. The van der Waals surface area contributed by atoms with E-state index < -0.39 is 0 Å². The number of benzene rings is 2. The van der Waals surface area contributed by atoms with E-state index in [0.717, 1.165) is 47.3 Å². The van der Waals surface area contributed by atoms with Gasteiger partial charge in [-0.3, -0.25) is 4.90 Å². The number of ether oxygens (including phenoxy) is 1. The zero-order chi connectivity index (χ0) is 21.8. The van der Waals surface area contributed by atoms with Gasteiger partial charge >= 0.3 is 5.97 Å². The van der Waals surface area contributed by atoms with Gasteiger partial charge in [-0.05, 0) is 65.8 Å². The van der Waals surface area contributed by atoms with Gasteiger partial charge in [0.25, 0.3) is 0 Å². The van der Waals surface area contributed by atoms with Crippen LogP contribution in [0.2, 0.25) is 5.02 Å². The highest BCUT2D eigenvalue weighted by Gasteiger charge is 2.27. The van der Waals surface area contributed by atoms with Crippen LogP contribution < -0.4 is 0 Å². The lowest BCUT2D eigenvalue weighted by atomic mass is 10.0. The smallest absolute Gasteiger partial charge is 0.330 e. The van der Waals surface area contributed by atoms with Gasteiger partial charge in [0.15, 0.2) is 0 Å². The molecule has 0 saturated heterocycles.